The Kier molecular flexibility index (Phi) is 5.63. The Balaban J connectivity index is 1.76. The molecule has 0 saturated heterocycles. The van der Waals surface area contributed by atoms with Crippen molar-refractivity contribution in [2.24, 2.45) is 0 Å². The molecule has 112 valence electrons. The van der Waals surface area contributed by atoms with E-state index >= 15 is 0 Å². The Hall–Kier alpha value is -0.400. The molecule has 1 aliphatic carbocycles. The van der Waals surface area contributed by atoms with Gasteiger partial charge in [-0.1, -0.05) is 6.07 Å². The van der Waals surface area contributed by atoms with E-state index in [9.17, 15) is 13.2 Å². The van der Waals surface area contributed by atoms with Crippen LogP contribution in [-0.2, 0) is 6.54 Å². The fourth-order valence-corrected chi connectivity index (χ4v) is 2.57. The Morgan fingerprint density at radius 2 is 2.10 bits per heavy atom. The second kappa shape index (κ2) is 7.04. The van der Waals surface area contributed by atoms with Crippen LogP contribution in [0.4, 0.5) is 13.2 Å². The summed E-state index contributed by atoms with van der Waals surface area (Å²) in [5.41, 5.74) is -3.07. The molecule has 0 spiro atoms. The minimum Gasteiger partial charge on any atom is -0.492 e. The highest BCUT2D eigenvalue weighted by atomic mass is 79.9. The average molecular weight is 370 g/mol. The molecule has 0 bridgehead atoms. The fraction of sp³-hybridized carbons (Fsp3) is 0.538. The highest BCUT2D eigenvalue weighted by Crippen LogP contribution is 2.31. The maximum atomic E-state index is 12.0. The van der Waals surface area contributed by atoms with Gasteiger partial charge in [-0.25, -0.2) is 0 Å². The first-order valence-corrected chi connectivity index (χ1v) is 8.07. The van der Waals surface area contributed by atoms with Crippen molar-refractivity contribution in [3.63, 3.8) is 0 Å². The number of ether oxygens (including phenoxy) is 1. The molecule has 20 heavy (non-hydrogen) atoms. The maximum Gasteiger partial charge on any atom is 0.441 e. The molecule has 0 aromatic heterocycles. The smallest absolute Gasteiger partial charge is 0.441 e. The van der Waals surface area contributed by atoms with Gasteiger partial charge in [0.15, 0.2) is 0 Å². The normalized spacial score (nSPS) is 15.4. The van der Waals surface area contributed by atoms with E-state index in [0.29, 0.717) is 11.8 Å². The highest BCUT2D eigenvalue weighted by Gasteiger charge is 2.27. The molecule has 0 unspecified atom stereocenters. The molecular weight excluding hydrogens is 355 g/mol. The zero-order chi connectivity index (χ0) is 14.6. The lowest BCUT2D eigenvalue weighted by Gasteiger charge is -2.11. The number of alkyl halides is 3. The van der Waals surface area contributed by atoms with Crippen molar-refractivity contribution in [3.05, 3.63) is 28.2 Å². The van der Waals surface area contributed by atoms with E-state index in [-0.39, 0.29) is 24.1 Å². The lowest BCUT2D eigenvalue weighted by molar-refractivity contribution is -0.0329. The van der Waals surface area contributed by atoms with Gasteiger partial charge in [0.05, 0.1) is 11.1 Å². The second-order valence-corrected chi connectivity index (χ2v) is 6.58. The van der Waals surface area contributed by atoms with Gasteiger partial charge in [-0.2, -0.15) is 13.2 Å². The first-order chi connectivity index (χ1) is 9.44. The van der Waals surface area contributed by atoms with Crippen molar-refractivity contribution < 1.29 is 17.9 Å². The van der Waals surface area contributed by atoms with Gasteiger partial charge in [0.1, 0.15) is 5.75 Å². The molecule has 1 aromatic carbocycles. The maximum absolute atomic E-state index is 12.0. The average Bonchev–Trinajstić information content (AvgIpc) is 3.17. The number of nitrogens with one attached hydrogen (secondary N) is 1. The van der Waals surface area contributed by atoms with Crippen molar-refractivity contribution >= 4 is 27.7 Å². The standard InChI is InChI=1S/C13H15BrF3NOS/c14-11-7-9(8-18-10-2-3-10)1-4-12(11)19-5-6-20-13(15,16)17/h1,4,7,10,18H,2-3,5-6,8H2. The molecule has 1 aliphatic rings. The van der Waals surface area contributed by atoms with Crippen LogP contribution in [0.1, 0.15) is 18.4 Å². The van der Waals surface area contributed by atoms with Crippen LogP contribution in [-0.4, -0.2) is 23.9 Å². The van der Waals surface area contributed by atoms with Crippen molar-refractivity contribution in [1.82, 2.24) is 5.32 Å². The van der Waals surface area contributed by atoms with E-state index in [2.05, 4.69) is 21.2 Å². The molecular formula is C13H15BrF3NOS. The van der Waals surface area contributed by atoms with Crippen LogP contribution in [0.25, 0.3) is 0 Å². The minimum absolute atomic E-state index is 0.0302. The van der Waals surface area contributed by atoms with Gasteiger partial charge in [0.25, 0.3) is 0 Å². The van der Waals surface area contributed by atoms with Crippen molar-refractivity contribution in [3.8, 4) is 5.75 Å². The number of hydrogen-bond acceptors (Lipinski definition) is 3. The molecule has 1 fully saturated rings. The van der Waals surface area contributed by atoms with Crippen LogP contribution in [0.15, 0.2) is 22.7 Å². The summed E-state index contributed by atoms with van der Waals surface area (Å²) in [5, 5.41) is 3.40. The molecule has 1 N–H and O–H groups in total. The topological polar surface area (TPSA) is 21.3 Å². The SMILES string of the molecule is FC(F)(F)SCCOc1ccc(CNC2CC2)cc1Br. The van der Waals surface area contributed by atoms with Crippen molar-refractivity contribution in [2.45, 2.75) is 30.9 Å². The molecule has 2 nitrogen and oxygen atoms in total. The molecule has 1 aromatic rings. The Morgan fingerprint density at radius 3 is 2.70 bits per heavy atom. The van der Waals surface area contributed by atoms with Crippen LogP contribution in [0.3, 0.4) is 0 Å². The summed E-state index contributed by atoms with van der Waals surface area (Å²) in [6, 6.07) is 6.28. The molecule has 2 rings (SSSR count). The summed E-state index contributed by atoms with van der Waals surface area (Å²) in [4.78, 5) is 0. The van der Waals surface area contributed by atoms with Gasteiger partial charge in [-0.15, -0.1) is 0 Å². The predicted octanol–water partition coefficient (Wildman–Crippen LogP) is 4.33. The molecule has 0 amide bonds. The molecule has 0 atom stereocenters. The lowest BCUT2D eigenvalue weighted by atomic mass is 10.2. The summed E-state index contributed by atoms with van der Waals surface area (Å²) in [6.07, 6.45) is 2.47. The first-order valence-electron chi connectivity index (χ1n) is 6.29. The highest BCUT2D eigenvalue weighted by molar-refractivity contribution is 9.10. The van der Waals surface area contributed by atoms with Crippen LogP contribution < -0.4 is 10.1 Å². The van der Waals surface area contributed by atoms with E-state index in [1.807, 2.05) is 12.1 Å². The van der Waals surface area contributed by atoms with Gasteiger partial charge >= 0.3 is 5.51 Å². The van der Waals surface area contributed by atoms with Crippen LogP contribution in [0.5, 0.6) is 5.75 Å². The van der Waals surface area contributed by atoms with E-state index < -0.39 is 5.51 Å². The third kappa shape index (κ3) is 5.93. The van der Waals surface area contributed by atoms with Crippen LogP contribution in [0.2, 0.25) is 0 Å². The lowest BCUT2D eigenvalue weighted by Crippen LogP contribution is -2.15. The molecule has 7 heteroatoms. The summed E-state index contributed by atoms with van der Waals surface area (Å²) < 4.78 is 42.0. The van der Waals surface area contributed by atoms with Gasteiger partial charge in [0, 0.05) is 18.3 Å². The zero-order valence-corrected chi connectivity index (χ0v) is 13.1. The number of benzene rings is 1. The minimum atomic E-state index is -4.20. The van der Waals surface area contributed by atoms with Gasteiger partial charge in [-0.3, -0.25) is 0 Å². The molecule has 0 heterocycles. The monoisotopic (exact) mass is 369 g/mol. The number of rotatable bonds is 7. The fourth-order valence-electron chi connectivity index (χ4n) is 1.63. The third-order valence-corrected chi connectivity index (χ3v) is 4.09. The van der Waals surface area contributed by atoms with Crippen molar-refractivity contribution in [2.75, 3.05) is 12.4 Å². The van der Waals surface area contributed by atoms with E-state index in [1.165, 1.54) is 12.8 Å². The Morgan fingerprint density at radius 1 is 1.35 bits per heavy atom. The number of thioether (sulfide) groups is 1. The van der Waals surface area contributed by atoms with Crippen LogP contribution in [0, 0.1) is 0 Å². The quantitative estimate of drug-likeness (QED) is 0.722. The third-order valence-electron chi connectivity index (χ3n) is 2.78. The summed E-state index contributed by atoms with van der Waals surface area (Å²) in [5.74, 6) is 0.462. The van der Waals surface area contributed by atoms with Crippen molar-refractivity contribution in [1.29, 1.82) is 0 Å². The first kappa shape index (κ1) is 16.0. The Bertz CT molecular complexity index is 452. The summed E-state index contributed by atoms with van der Waals surface area (Å²) in [7, 11) is 0. The van der Waals surface area contributed by atoms with E-state index in [1.54, 1.807) is 6.07 Å². The molecule has 1 saturated carbocycles. The zero-order valence-electron chi connectivity index (χ0n) is 10.7. The van der Waals surface area contributed by atoms with Gasteiger partial charge in [-0.05, 0) is 58.2 Å². The Labute approximate surface area is 128 Å². The molecule has 0 radical (unpaired) electrons. The van der Waals surface area contributed by atoms with Gasteiger partial charge in [0.2, 0.25) is 0 Å². The van der Waals surface area contributed by atoms with Gasteiger partial charge < -0.3 is 10.1 Å². The van der Waals surface area contributed by atoms with E-state index in [4.69, 9.17) is 4.74 Å². The van der Waals surface area contributed by atoms with E-state index in [0.717, 1.165) is 16.6 Å². The largest absolute Gasteiger partial charge is 0.492 e. The predicted molar refractivity (Wildman–Crippen MR) is 78.0 cm³/mol. The van der Waals surface area contributed by atoms with Crippen LogP contribution >= 0.6 is 27.7 Å². The molecule has 0 aliphatic heterocycles. The summed E-state index contributed by atoms with van der Waals surface area (Å²) in [6.45, 7) is 0.829. The summed E-state index contributed by atoms with van der Waals surface area (Å²) >= 11 is 3.31. The second-order valence-electron chi connectivity index (χ2n) is 4.56. The number of halogens is 4. The number of hydrogen-bond donors (Lipinski definition) is 1.